The summed E-state index contributed by atoms with van der Waals surface area (Å²) in [4.78, 5) is 0. The quantitative estimate of drug-likeness (QED) is 0.661. The minimum Gasteiger partial charge on any atom is -0.311 e. The molecule has 0 saturated carbocycles. The van der Waals surface area contributed by atoms with Crippen LogP contribution in [0.2, 0.25) is 0 Å². The molecule has 1 fully saturated rings. The van der Waals surface area contributed by atoms with Crippen LogP contribution in [0.25, 0.3) is 0 Å². The highest BCUT2D eigenvalue weighted by Crippen LogP contribution is 2.29. The van der Waals surface area contributed by atoms with Crippen LogP contribution in [0.4, 0.5) is 13.2 Å². The monoisotopic (exact) mass is 189 g/mol. The normalized spacial score (nSPS) is 29.2. The Hall–Kier alpha value is 0.0400. The molecule has 11 heavy (non-hydrogen) atoms. The summed E-state index contributed by atoms with van der Waals surface area (Å²) >= 11 is 0. The minimum absolute atomic E-state index is 0. The molecule has 1 rings (SSSR count). The molecule has 1 aliphatic heterocycles. The van der Waals surface area contributed by atoms with Crippen molar-refractivity contribution >= 4 is 12.4 Å². The molecule has 0 aromatic carbocycles. The van der Waals surface area contributed by atoms with Crippen molar-refractivity contribution in [2.24, 2.45) is 5.92 Å². The highest BCUT2D eigenvalue weighted by atomic mass is 35.5. The molecule has 0 unspecified atom stereocenters. The third kappa shape index (κ3) is 2.52. The lowest BCUT2D eigenvalue weighted by molar-refractivity contribution is -0.0800. The van der Waals surface area contributed by atoms with Gasteiger partial charge < -0.3 is 5.32 Å². The van der Waals surface area contributed by atoms with E-state index in [0.29, 0.717) is 6.54 Å². The van der Waals surface area contributed by atoms with Crippen molar-refractivity contribution in [3.05, 3.63) is 0 Å². The van der Waals surface area contributed by atoms with Crippen molar-refractivity contribution in [1.29, 1.82) is 0 Å². The molecule has 0 aromatic heterocycles. The number of alkyl halides is 3. The largest absolute Gasteiger partial charge is 0.311 e. The average Bonchev–Trinajstić information content (AvgIpc) is 1.87. The fourth-order valence-electron chi connectivity index (χ4n) is 1.08. The van der Waals surface area contributed by atoms with Gasteiger partial charge in [0.05, 0.1) is 19.1 Å². The van der Waals surface area contributed by atoms with Gasteiger partial charge >= 0.3 is 0 Å². The average molecular weight is 190 g/mol. The third-order valence-electron chi connectivity index (χ3n) is 1.81. The Morgan fingerprint density at radius 2 is 2.09 bits per heavy atom. The van der Waals surface area contributed by atoms with Crippen LogP contribution in [-0.4, -0.2) is 25.7 Å². The van der Waals surface area contributed by atoms with Crippen molar-refractivity contribution in [2.75, 3.05) is 19.8 Å². The fraction of sp³-hybridized carbons (Fsp3) is 1.00. The van der Waals surface area contributed by atoms with E-state index in [-0.39, 0.29) is 25.4 Å². The maximum Gasteiger partial charge on any atom is 0.265 e. The van der Waals surface area contributed by atoms with Crippen LogP contribution in [0, 0.1) is 5.92 Å². The predicted molar refractivity (Wildman–Crippen MR) is 39.1 cm³/mol. The molecule has 0 radical (unpaired) electrons. The van der Waals surface area contributed by atoms with Crippen LogP contribution < -0.4 is 5.32 Å². The second kappa shape index (κ2) is 4.16. The zero-order valence-electron chi connectivity index (χ0n) is 5.95. The highest BCUT2D eigenvalue weighted by molar-refractivity contribution is 5.85. The standard InChI is InChI=1S/C6H10F3N.ClH/c7-3-5-1-2-10-4-6(5,8)9;/h5,10H,1-4H2;1H/t5-;/m1./s1. The molecule has 1 saturated heterocycles. The van der Waals surface area contributed by atoms with Gasteiger partial charge in [-0.15, -0.1) is 12.4 Å². The Morgan fingerprint density at radius 1 is 1.45 bits per heavy atom. The van der Waals surface area contributed by atoms with E-state index < -0.39 is 18.5 Å². The molecule has 68 valence electrons. The van der Waals surface area contributed by atoms with Crippen molar-refractivity contribution in [2.45, 2.75) is 12.3 Å². The second-order valence-corrected chi connectivity index (χ2v) is 2.58. The van der Waals surface area contributed by atoms with Crippen LogP contribution >= 0.6 is 12.4 Å². The molecule has 0 amide bonds. The molecular weight excluding hydrogens is 179 g/mol. The Kier molecular flexibility index (Phi) is 4.18. The first-order valence-corrected chi connectivity index (χ1v) is 3.31. The number of rotatable bonds is 1. The van der Waals surface area contributed by atoms with Crippen LogP contribution in [0.15, 0.2) is 0 Å². The van der Waals surface area contributed by atoms with Crippen molar-refractivity contribution in [1.82, 2.24) is 5.32 Å². The van der Waals surface area contributed by atoms with Crippen LogP contribution in [0.5, 0.6) is 0 Å². The first-order chi connectivity index (χ1) is 4.67. The Labute approximate surface area is 69.8 Å². The molecule has 1 atom stereocenters. The number of piperidine rings is 1. The smallest absolute Gasteiger partial charge is 0.265 e. The summed E-state index contributed by atoms with van der Waals surface area (Å²) in [5, 5.41) is 2.52. The zero-order chi connectivity index (χ0) is 7.61. The van der Waals surface area contributed by atoms with Crippen LogP contribution in [0.3, 0.4) is 0 Å². The Bertz CT molecular complexity index is 120. The molecule has 0 aliphatic carbocycles. The lowest BCUT2D eigenvalue weighted by Crippen LogP contribution is -2.46. The zero-order valence-corrected chi connectivity index (χ0v) is 6.76. The maximum atomic E-state index is 12.6. The third-order valence-corrected chi connectivity index (χ3v) is 1.81. The summed E-state index contributed by atoms with van der Waals surface area (Å²) < 4.78 is 37.0. The van der Waals surface area contributed by atoms with E-state index in [1.165, 1.54) is 0 Å². The van der Waals surface area contributed by atoms with Gasteiger partial charge in [-0.1, -0.05) is 0 Å². The van der Waals surface area contributed by atoms with Gasteiger partial charge in [0, 0.05) is 0 Å². The van der Waals surface area contributed by atoms with Gasteiger partial charge in [0.1, 0.15) is 0 Å². The molecule has 5 heteroatoms. The van der Waals surface area contributed by atoms with Crippen molar-refractivity contribution in [3.63, 3.8) is 0 Å². The first kappa shape index (κ1) is 11.0. The molecule has 0 spiro atoms. The van der Waals surface area contributed by atoms with E-state index in [1.807, 2.05) is 0 Å². The number of halogens is 4. The number of hydrogen-bond donors (Lipinski definition) is 1. The summed E-state index contributed by atoms with van der Waals surface area (Å²) in [6.07, 6.45) is 0.240. The lowest BCUT2D eigenvalue weighted by Gasteiger charge is -2.29. The van der Waals surface area contributed by atoms with E-state index in [9.17, 15) is 13.2 Å². The second-order valence-electron chi connectivity index (χ2n) is 2.58. The Balaban J connectivity index is 0.000001000. The SMILES string of the molecule is Cl.FC[C@H]1CCNCC1(F)F. The van der Waals surface area contributed by atoms with Gasteiger partial charge in [0.2, 0.25) is 0 Å². The van der Waals surface area contributed by atoms with Gasteiger partial charge in [-0.3, -0.25) is 4.39 Å². The van der Waals surface area contributed by atoms with E-state index >= 15 is 0 Å². The van der Waals surface area contributed by atoms with Crippen molar-refractivity contribution in [3.8, 4) is 0 Å². The van der Waals surface area contributed by atoms with Gasteiger partial charge in [-0.2, -0.15) is 0 Å². The van der Waals surface area contributed by atoms with E-state index in [1.54, 1.807) is 0 Å². The highest BCUT2D eigenvalue weighted by Gasteiger charge is 2.41. The lowest BCUT2D eigenvalue weighted by atomic mass is 9.96. The topological polar surface area (TPSA) is 12.0 Å². The van der Waals surface area contributed by atoms with Gasteiger partial charge in [0.15, 0.2) is 0 Å². The van der Waals surface area contributed by atoms with Gasteiger partial charge in [-0.05, 0) is 13.0 Å². The molecule has 1 aliphatic rings. The molecule has 1 nitrogen and oxygen atoms in total. The summed E-state index contributed by atoms with van der Waals surface area (Å²) in [5.41, 5.74) is 0. The summed E-state index contributed by atoms with van der Waals surface area (Å²) in [6, 6.07) is 0. The molecule has 1 heterocycles. The van der Waals surface area contributed by atoms with Crippen LogP contribution in [0.1, 0.15) is 6.42 Å². The van der Waals surface area contributed by atoms with E-state index in [4.69, 9.17) is 0 Å². The summed E-state index contributed by atoms with van der Waals surface area (Å²) in [7, 11) is 0. The molecular formula is C6H11ClF3N. The molecule has 0 bridgehead atoms. The van der Waals surface area contributed by atoms with Gasteiger partial charge in [0.25, 0.3) is 5.92 Å². The van der Waals surface area contributed by atoms with E-state index in [2.05, 4.69) is 5.32 Å². The molecule has 1 N–H and O–H groups in total. The minimum atomic E-state index is -2.84. The maximum absolute atomic E-state index is 12.6. The number of hydrogen-bond acceptors (Lipinski definition) is 1. The van der Waals surface area contributed by atoms with Crippen LogP contribution in [-0.2, 0) is 0 Å². The predicted octanol–water partition coefficient (Wildman–Crippen LogP) is 1.62. The fourth-order valence-corrected chi connectivity index (χ4v) is 1.08. The molecule has 0 aromatic rings. The summed E-state index contributed by atoms with van der Waals surface area (Å²) in [5.74, 6) is -3.90. The first-order valence-electron chi connectivity index (χ1n) is 3.31. The van der Waals surface area contributed by atoms with E-state index in [0.717, 1.165) is 0 Å². The Morgan fingerprint density at radius 3 is 2.45 bits per heavy atom. The summed E-state index contributed by atoms with van der Waals surface area (Å²) in [6.45, 7) is -0.777. The van der Waals surface area contributed by atoms with Gasteiger partial charge in [-0.25, -0.2) is 8.78 Å². The van der Waals surface area contributed by atoms with Crippen molar-refractivity contribution < 1.29 is 13.2 Å². The number of nitrogens with one attached hydrogen (secondary N) is 1.